The molecule has 3 nitrogen and oxygen atoms in total. The zero-order valence-electron chi connectivity index (χ0n) is 9.98. The minimum absolute atomic E-state index is 0.544. The summed E-state index contributed by atoms with van der Waals surface area (Å²) in [5.41, 5.74) is 1.27. The first-order valence-corrected chi connectivity index (χ1v) is 6.46. The molecule has 0 saturated carbocycles. The van der Waals surface area contributed by atoms with Crippen LogP contribution in [0.1, 0.15) is 43.6 Å². The molecule has 1 aromatic heterocycles. The summed E-state index contributed by atoms with van der Waals surface area (Å²) in [7, 11) is 0. The molecule has 1 aromatic rings. The van der Waals surface area contributed by atoms with E-state index < -0.39 is 0 Å². The first kappa shape index (κ1) is 10.3. The monoisotopic (exact) mass is 220 g/mol. The molecule has 0 N–H and O–H groups in total. The molecule has 0 bridgehead atoms. The second kappa shape index (κ2) is 4.21. The Balaban J connectivity index is 1.80. The van der Waals surface area contributed by atoms with Crippen molar-refractivity contribution in [3.8, 4) is 0 Å². The van der Waals surface area contributed by atoms with Crippen LogP contribution in [0, 0.1) is 5.92 Å². The number of rotatable bonds is 1. The minimum atomic E-state index is 0.544. The molecule has 88 valence electrons. The molecular weight excluding hydrogens is 200 g/mol. The molecule has 16 heavy (non-hydrogen) atoms. The molecule has 1 saturated heterocycles. The van der Waals surface area contributed by atoms with Crippen molar-refractivity contribution in [1.82, 2.24) is 9.55 Å². The number of hydrogen-bond acceptors (Lipinski definition) is 2. The third kappa shape index (κ3) is 1.88. The van der Waals surface area contributed by atoms with E-state index in [1.54, 1.807) is 0 Å². The summed E-state index contributed by atoms with van der Waals surface area (Å²) in [6.07, 6.45) is 7.13. The summed E-state index contributed by atoms with van der Waals surface area (Å²) in [4.78, 5) is 4.81. The molecule has 0 aromatic carbocycles. The van der Waals surface area contributed by atoms with Gasteiger partial charge >= 0.3 is 0 Å². The zero-order chi connectivity index (χ0) is 11.0. The van der Waals surface area contributed by atoms with Gasteiger partial charge in [0, 0.05) is 31.7 Å². The standard InChI is InChI=1S/C13H20N2O/c1-10-4-5-15-8-12(14-13(15)7-10)11-3-2-6-16-9-11/h8,10-11H,2-7,9H2,1H3. The topological polar surface area (TPSA) is 27.1 Å². The molecule has 1 fully saturated rings. The number of fused-ring (bicyclic) bond motifs is 1. The van der Waals surface area contributed by atoms with Crippen molar-refractivity contribution in [3.63, 3.8) is 0 Å². The summed E-state index contributed by atoms with van der Waals surface area (Å²) >= 11 is 0. The molecule has 3 heterocycles. The lowest BCUT2D eigenvalue weighted by atomic mass is 9.99. The van der Waals surface area contributed by atoms with Crippen molar-refractivity contribution in [2.24, 2.45) is 5.92 Å². The van der Waals surface area contributed by atoms with Gasteiger partial charge in [0.1, 0.15) is 5.82 Å². The van der Waals surface area contributed by atoms with Gasteiger partial charge in [0.25, 0.3) is 0 Å². The predicted molar refractivity (Wildman–Crippen MR) is 62.5 cm³/mol. The molecule has 2 aliphatic heterocycles. The van der Waals surface area contributed by atoms with Gasteiger partial charge in [0.05, 0.1) is 12.3 Å². The van der Waals surface area contributed by atoms with Crippen molar-refractivity contribution in [1.29, 1.82) is 0 Å². The molecule has 0 amide bonds. The molecule has 0 aliphatic carbocycles. The highest BCUT2D eigenvalue weighted by Crippen LogP contribution is 2.27. The van der Waals surface area contributed by atoms with Gasteiger partial charge in [-0.15, -0.1) is 0 Å². The van der Waals surface area contributed by atoms with E-state index in [0.29, 0.717) is 5.92 Å². The highest BCUT2D eigenvalue weighted by molar-refractivity contribution is 5.12. The number of imidazole rings is 1. The van der Waals surface area contributed by atoms with E-state index in [1.807, 2.05) is 0 Å². The molecule has 0 radical (unpaired) electrons. The summed E-state index contributed by atoms with van der Waals surface area (Å²) in [5, 5.41) is 0. The van der Waals surface area contributed by atoms with E-state index in [2.05, 4.69) is 17.7 Å². The van der Waals surface area contributed by atoms with Crippen LogP contribution in [0.2, 0.25) is 0 Å². The second-order valence-electron chi connectivity index (χ2n) is 5.29. The first-order chi connectivity index (χ1) is 7.83. The highest BCUT2D eigenvalue weighted by atomic mass is 16.5. The quantitative estimate of drug-likeness (QED) is 0.726. The second-order valence-corrected chi connectivity index (χ2v) is 5.29. The Hall–Kier alpha value is -0.830. The van der Waals surface area contributed by atoms with Gasteiger partial charge in [-0.25, -0.2) is 4.98 Å². The molecule has 2 atom stereocenters. The molecule has 3 heteroatoms. The molecule has 0 spiro atoms. The van der Waals surface area contributed by atoms with Gasteiger partial charge < -0.3 is 9.30 Å². The number of nitrogens with zero attached hydrogens (tertiary/aromatic N) is 2. The van der Waals surface area contributed by atoms with Crippen LogP contribution >= 0.6 is 0 Å². The van der Waals surface area contributed by atoms with Gasteiger partial charge in [-0.3, -0.25) is 0 Å². The van der Waals surface area contributed by atoms with Gasteiger partial charge in [0.15, 0.2) is 0 Å². The van der Waals surface area contributed by atoms with Crippen LogP contribution in [0.3, 0.4) is 0 Å². The molecule has 3 rings (SSSR count). The Morgan fingerprint density at radius 2 is 2.38 bits per heavy atom. The van der Waals surface area contributed by atoms with Crippen LogP contribution in [-0.4, -0.2) is 22.8 Å². The number of ether oxygens (including phenoxy) is 1. The summed E-state index contributed by atoms with van der Waals surface area (Å²) in [5.74, 6) is 2.63. The lowest BCUT2D eigenvalue weighted by Gasteiger charge is -2.19. The highest BCUT2D eigenvalue weighted by Gasteiger charge is 2.23. The fraction of sp³-hybridized carbons (Fsp3) is 0.769. The zero-order valence-corrected chi connectivity index (χ0v) is 9.98. The van der Waals surface area contributed by atoms with E-state index in [4.69, 9.17) is 9.72 Å². The largest absolute Gasteiger partial charge is 0.381 e. The fourth-order valence-electron chi connectivity index (χ4n) is 2.78. The lowest BCUT2D eigenvalue weighted by Crippen LogP contribution is -2.16. The molecular formula is C13H20N2O. The average Bonchev–Trinajstić information content (AvgIpc) is 2.73. The SMILES string of the molecule is CC1CCn2cc(C3CCCOC3)nc2C1. The summed E-state index contributed by atoms with van der Waals surface area (Å²) < 4.78 is 7.89. The maximum absolute atomic E-state index is 5.54. The van der Waals surface area contributed by atoms with Crippen molar-refractivity contribution in [3.05, 3.63) is 17.7 Å². The Labute approximate surface area is 96.8 Å². The Morgan fingerprint density at radius 1 is 1.44 bits per heavy atom. The summed E-state index contributed by atoms with van der Waals surface area (Å²) in [6, 6.07) is 0. The van der Waals surface area contributed by atoms with Crippen LogP contribution in [0.5, 0.6) is 0 Å². The van der Waals surface area contributed by atoms with Crippen molar-refractivity contribution < 1.29 is 4.74 Å². The van der Waals surface area contributed by atoms with E-state index in [-0.39, 0.29) is 0 Å². The lowest BCUT2D eigenvalue weighted by molar-refractivity contribution is 0.0794. The van der Waals surface area contributed by atoms with E-state index >= 15 is 0 Å². The van der Waals surface area contributed by atoms with E-state index in [1.165, 1.54) is 30.8 Å². The third-order valence-corrected chi connectivity index (χ3v) is 3.85. The average molecular weight is 220 g/mol. The predicted octanol–water partition coefficient (Wildman–Crippen LogP) is 2.36. The Kier molecular flexibility index (Phi) is 2.72. The smallest absolute Gasteiger partial charge is 0.109 e. The van der Waals surface area contributed by atoms with E-state index in [0.717, 1.165) is 32.1 Å². The number of hydrogen-bond donors (Lipinski definition) is 0. The number of aryl methyl sites for hydroxylation is 1. The van der Waals surface area contributed by atoms with Crippen LogP contribution in [0.4, 0.5) is 0 Å². The molecule has 2 unspecified atom stereocenters. The van der Waals surface area contributed by atoms with Crippen LogP contribution in [-0.2, 0) is 17.7 Å². The van der Waals surface area contributed by atoms with Crippen molar-refractivity contribution in [2.45, 2.75) is 45.1 Å². The number of aromatic nitrogens is 2. The van der Waals surface area contributed by atoms with Crippen LogP contribution in [0.15, 0.2) is 6.20 Å². The van der Waals surface area contributed by atoms with Gasteiger partial charge in [0.2, 0.25) is 0 Å². The van der Waals surface area contributed by atoms with Crippen LogP contribution < -0.4 is 0 Å². The summed E-state index contributed by atoms with van der Waals surface area (Å²) in [6.45, 7) is 5.27. The third-order valence-electron chi connectivity index (χ3n) is 3.85. The van der Waals surface area contributed by atoms with Gasteiger partial charge in [-0.05, 0) is 25.2 Å². The minimum Gasteiger partial charge on any atom is -0.381 e. The van der Waals surface area contributed by atoms with Gasteiger partial charge in [-0.2, -0.15) is 0 Å². The van der Waals surface area contributed by atoms with Crippen molar-refractivity contribution in [2.75, 3.05) is 13.2 Å². The molecule has 2 aliphatic rings. The van der Waals surface area contributed by atoms with Gasteiger partial charge in [-0.1, -0.05) is 6.92 Å². The normalized spacial score (nSPS) is 30.1. The Bertz CT molecular complexity index is 366. The van der Waals surface area contributed by atoms with Crippen LogP contribution in [0.25, 0.3) is 0 Å². The van der Waals surface area contributed by atoms with E-state index in [9.17, 15) is 0 Å². The fourth-order valence-corrected chi connectivity index (χ4v) is 2.78. The van der Waals surface area contributed by atoms with Crippen molar-refractivity contribution >= 4 is 0 Å². The first-order valence-electron chi connectivity index (χ1n) is 6.46. The maximum atomic E-state index is 5.54. The maximum Gasteiger partial charge on any atom is 0.109 e. The Morgan fingerprint density at radius 3 is 3.19 bits per heavy atom.